The minimum atomic E-state index is -4.39. The summed E-state index contributed by atoms with van der Waals surface area (Å²) in [6.45, 7) is 2.54. The van der Waals surface area contributed by atoms with Gasteiger partial charge in [-0.3, -0.25) is 0 Å². The number of benzene rings is 1. The second-order valence-electron chi connectivity index (χ2n) is 5.56. The first-order valence-electron chi connectivity index (χ1n) is 7.66. The first kappa shape index (κ1) is 17.1. The highest BCUT2D eigenvalue weighted by molar-refractivity contribution is 7.98. The lowest BCUT2D eigenvalue weighted by Crippen LogP contribution is -2.44. The second kappa shape index (κ2) is 7.03. The normalized spacial score (nSPS) is 15.6. The molecule has 0 saturated carbocycles. The number of nitrogens with zero attached hydrogens (tertiary/aromatic N) is 2. The Kier molecular flexibility index (Phi) is 5.01. The van der Waals surface area contributed by atoms with Crippen molar-refractivity contribution in [1.82, 2.24) is 10.3 Å². The summed E-state index contributed by atoms with van der Waals surface area (Å²) in [4.78, 5) is 6.03. The van der Waals surface area contributed by atoms with E-state index in [0.29, 0.717) is 37.3 Å². The van der Waals surface area contributed by atoms with Gasteiger partial charge in [0.2, 0.25) is 0 Å². The van der Waals surface area contributed by atoms with Crippen LogP contribution in [0.5, 0.6) is 0 Å². The van der Waals surface area contributed by atoms with E-state index in [1.807, 2.05) is 12.3 Å². The van der Waals surface area contributed by atoms with Gasteiger partial charge in [0, 0.05) is 43.6 Å². The molecule has 0 bridgehead atoms. The van der Waals surface area contributed by atoms with Crippen molar-refractivity contribution in [1.29, 1.82) is 0 Å². The van der Waals surface area contributed by atoms with Gasteiger partial charge in [-0.25, -0.2) is 4.98 Å². The number of hydrogen-bond acceptors (Lipinski definition) is 4. The van der Waals surface area contributed by atoms with Crippen LogP contribution in [-0.2, 0) is 6.18 Å². The van der Waals surface area contributed by atoms with Crippen molar-refractivity contribution in [2.45, 2.75) is 11.2 Å². The Bertz CT molecular complexity index is 695. The van der Waals surface area contributed by atoms with E-state index in [-0.39, 0.29) is 5.69 Å². The molecule has 1 saturated heterocycles. The van der Waals surface area contributed by atoms with Crippen LogP contribution in [0, 0.1) is 0 Å². The Hall–Kier alpha value is -1.73. The van der Waals surface area contributed by atoms with E-state index < -0.39 is 11.7 Å². The van der Waals surface area contributed by atoms with Crippen LogP contribution in [0.15, 0.2) is 41.6 Å². The standard InChI is InChI=1S/C17H18F3N3S/c1-24-16-5-3-13(11-22-16)12-2-4-15(14(10-12)17(18,19)20)23-8-6-21-7-9-23/h2-5,10-11,21H,6-9H2,1H3. The Morgan fingerprint density at radius 1 is 1.08 bits per heavy atom. The molecule has 0 atom stereocenters. The third-order valence-electron chi connectivity index (χ3n) is 4.04. The van der Waals surface area contributed by atoms with Gasteiger partial charge in [-0.05, 0) is 30.0 Å². The molecule has 0 aliphatic carbocycles. The molecule has 3 rings (SSSR count). The summed E-state index contributed by atoms with van der Waals surface area (Å²) in [7, 11) is 0. The smallest absolute Gasteiger partial charge is 0.368 e. The number of alkyl halides is 3. The van der Waals surface area contributed by atoms with E-state index in [4.69, 9.17) is 0 Å². The molecule has 0 radical (unpaired) electrons. The third kappa shape index (κ3) is 3.67. The Morgan fingerprint density at radius 3 is 2.38 bits per heavy atom. The summed E-state index contributed by atoms with van der Waals surface area (Å²) < 4.78 is 40.7. The molecule has 1 fully saturated rings. The number of pyridine rings is 1. The van der Waals surface area contributed by atoms with Crippen LogP contribution in [-0.4, -0.2) is 37.4 Å². The van der Waals surface area contributed by atoms with Crippen LogP contribution >= 0.6 is 11.8 Å². The number of nitrogens with one attached hydrogen (secondary N) is 1. The quantitative estimate of drug-likeness (QED) is 0.847. The van der Waals surface area contributed by atoms with Gasteiger partial charge in [0.15, 0.2) is 0 Å². The molecule has 128 valence electrons. The maximum Gasteiger partial charge on any atom is 0.418 e. The van der Waals surface area contributed by atoms with Crippen molar-refractivity contribution < 1.29 is 13.2 Å². The van der Waals surface area contributed by atoms with Crippen LogP contribution in [0.2, 0.25) is 0 Å². The number of piperazine rings is 1. The first-order valence-corrected chi connectivity index (χ1v) is 8.89. The van der Waals surface area contributed by atoms with Crippen molar-refractivity contribution in [3.8, 4) is 11.1 Å². The van der Waals surface area contributed by atoms with Crippen molar-refractivity contribution in [3.05, 3.63) is 42.1 Å². The van der Waals surface area contributed by atoms with Crippen LogP contribution in [0.4, 0.5) is 18.9 Å². The number of hydrogen-bond donors (Lipinski definition) is 1. The van der Waals surface area contributed by atoms with E-state index >= 15 is 0 Å². The molecule has 1 aliphatic heterocycles. The molecule has 3 nitrogen and oxygen atoms in total. The van der Waals surface area contributed by atoms with E-state index in [9.17, 15) is 13.2 Å². The lowest BCUT2D eigenvalue weighted by molar-refractivity contribution is -0.137. The fourth-order valence-electron chi connectivity index (χ4n) is 2.80. The molecule has 1 aromatic carbocycles. The highest BCUT2D eigenvalue weighted by Gasteiger charge is 2.35. The maximum absolute atomic E-state index is 13.6. The van der Waals surface area contributed by atoms with Crippen molar-refractivity contribution in [2.75, 3.05) is 37.3 Å². The summed E-state index contributed by atoms with van der Waals surface area (Å²) in [5.41, 5.74) is 0.879. The van der Waals surface area contributed by atoms with Gasteiger partial charge in [0.05, 0.1) is 10.6 Å². The number of aromatic nitrogens is 1. The number of rotatable bonds is 3. The average molecular weight is 353 g/mol. The lowest BCUT2D eigenvalue weighted by Gasteiger charge is -2.31. The molecule has 1 aromatic heterocycles. The summed E-state index contributed by atoms with van der Waals surface area (Å²) in [5.74, 6) is 0. The number of thioether (sulfide) groups is 1. The molecule has 2 heterocycles. The van der Waals surface area contributed by atoms with E-state index in [1.54, 1.807) is 29.3 Å². The zero-order chi connectivity index (χ0) is 17.2. The van der Waals surface area contributed by atoms with Gasteiger partial charge in [0.25, 0.3) is 0 Å². The van der Waals surface area contributed by atoms with E-state index in [0.717, 1.165) is 5.03 Å². The second-order valence-corrected chi connectivity index (χ2v) is 6.38. The SMILES string of the molecule is CSc1ccc(-c2ccc(N3CCNCC3)c(C(F)(F)F)c2)cn1. The van der Waals surface area contributed by atoms with E-state index in [1.165, 1.54) is 17.8 Å². The molecule has 1 aliphatic rings. The molecule has 2 aromatic rings. The fraction of sp³-hybridized carbons (Fsp3) is 0.353. The Morgan fingerprint density at radius 2 is 1.79 bits per heavy atom. The average Bonchev–Trinajstić information content (AvgIpc) is 2.61. The largest absolute Gasteiger partial charge is 0.418 e. The van der Waals surface area contributed by atoms with Crippen molar-refractivity contribution in [3.63, 3.8) is 0 Å². The van der Waals surface area contributed by atoms with Gasteiger partial charge in [0.1, 0.15) is 0 Å². The molecule has 0 spiro atoms. The van der Waals surface area contributed by atoms with Crippen LogP contribution in [0.1, 0.15) is 5.56 Å². The van der Waals surface area contributed by atoms with Crippen molar-refractivity contribution in [2.24, 2.45) is 0 Å². The summed E-state index contributed by atoms with van der Waals surface area (Å²) >= 11 is 1.50. The topological polar surface area (TPSA) is 28.2 Å². The lowest BCUT2D eigenvalue weighted by atomic mass is 10.0. The van der Waals surface area contributed by atoms with E-state index in [2.05, 4.69) is 10.3 Å². The predicted molar refractivity (Wildman–Crippen MR) is 91.5 cm³/mol. The summed E-state index contributed by atoms with van der Waals surface area (Å²) in [5, 5.41) is 4.00. The Balaban J connectivity index is 2.00. The molecule has 7 heteroatoms. The maximum atomic E-state index is 13.6. The zero-order valence-corrected chi connectivity index (χ0v) is 14.0. The summed E-state index contributed by atoms with van der Waals surface area (Å²) in [6.07, 6.45) is -0.860. The van der Waals surface area contributed by atoms with Crippen LogP contribution < -0.4 is 10.2 Å². The molecule has 0 unspecified atom stereocenters. The van der Waals surface area contributed by atoms with Gasteiger partial charge >= 0.3 is 6.18 Å². The molecule has 1 N–H and O–H groups in total. The Labute approximate surface area is 143 Å². The fourth-order valence-corrected chi connectivity index (χ4v) is 3.16. The number of halogens is 3. The zero-order valence-electron chi connectivity index (χ0n) is 13.2. The minimum absolute atomic E-state index is 0.251. The molecular formula is C17H18F3N3S. The molecule has 0 amide bonds. The molecular weight excluding hydrogens is 335 g/mol. The minimum Gasteiger partial charge on any atom is -0.368 e. The van der Waals surface area contributed by atoms with Crippen LogP contribution in [0.3, 0.4) is 0 Å². The number of anilines is 1. The molecule has 24 heavy (non-hydrogen) atoms. The van der Waals surface area contributed by atoms with Crippen LogP contribution in [0.25, 0.3) is 11.1 Å². The summed E-state index contributed by atoms with van der Waals surface area (Å²) in [6, 6.07) is 8.16. The van der Waals surface area contributed by atoms with Crippen molar-refractivity contribution >= 4 is 17.4 Å². The first-order chi connectivity index (χ1) is 11.5. The monoisotopic (exact) mass is 353 g/mol. The van der Waals surface area contributed by atoms with Gasteiger partial charge < -0.3 is 10.2 Å². The van der Waals surface area contributed by atoms with Gasteiger partial charge in [-0.2, -0.15) is 13.2 Å². The highest BCUT2D eigenvalue weighted by atomic mass is 32.2. The third-order valence-corrected chi connectivity index (χ3v) is 4.70. The highest BCUT2D eigenvalue weighted by Crippen LogP contribution is 2.39. The van der Waals surface area contributed by atoms with Gasteiger partial charge in [-0.1, -0.05) is 12.1 Å². The predicted octanol–water partition coefficient (Wildman–Crippen LogP) is 3.90. The van der Waals surface area contributed by atoms with Gasteiger partial charge in [-0.15, -0.1) is 11.8 Å².